The first-order valence-corrected chi connectivity index (χ1v) is 10.1. The molecule has 6 unspecified atom stereocenters. The second kappa shape index (κ2) is 4.38. The van der Waals surface area contributed by atoms with Gasteiger partial charge in [-0.3, -0.25) is 0 Å². The fourth-order valence-corrected chi connectivity index (χ4v) is 8.35. The maximum absolute atomic E-state index is 13.3. The van der Waals surface area contributed by atoms with E-state index in [1.807, 2.05) is 6.92 Å². The molecule has 6 fully saturated rings. The minimum atomic E-state index is -1.63. The normalized spacial score (nSPS) is 63.1. The molecule has 0 aromatic heterocycles. The molecule has 2 saturated carbocycles. The fourth-order valence-electron chi connectivity index (χ4n) is 8.35. The van der Waals surface area contributed by atoms with E-state index in [1.54, 1.807) is 0 Å². The maximum atomic E-state index is 13.3. The highest BCUT2D eigenvalue weighted by Crippen LogP contribution is 2.84. The number of fused-ring (bicyclic) bond motifs is 1. The van der Waals surface area contributed by atoms with Crippen LogP contribution >= 0.6 is 0 Å². The second-order valence-electron chi connectivity index (χ2n) is 10.6. The summed E-state index contributed by atoms with van der Waals surface area (Å²) in [5, 5.41) is 23.6. The van der Waals surface area contributed by atoms with Crippen LogP contribution in [0.2, 0.25) is 0 Å². The van der Waals surface area contributed by atoms with Crippen LogP contribution in [-0.2, 0) is 23.7 Å². The fraction of sp³-hybridized carbons (Fsp3) is 0.950. The number of carbonyl (C=O) groups is 1. The average molecular weight is 380 g/mol. The Labute approximate surface area is 158 Å². The van der Waals surface area contributed by atoms with E-state index >= 15 is 0 Å². The lowest BCUT2D eigenvalue weighted by Crippen LogP contribution is -2.65. The van der Waals surface area contributed by atoms with Gasteiger partial charge in [-0.1, -0.05) is 27.7 Å². The lowest BCUT2D eigenvalue weighted by Gasteiger charge is -2.47. The van der Waals surface area contributed by atoms with Crippen LogP contribution in [0.25, 0.3) is 0 Å². The summed E-state index contributed by atoms with van der Waals surface area (Å²) in [5.41, 5.74) is -4.96. The minimum Gasteiger partial charge on any atom is -0.459 e. The van der Waals surface area contributed by atoms with Gasteiger partial charge in [0.25, 0.3) is 0 Å². The van der Waals surface area contributed by atoms with Crippen molar-refractivity contribution in [3.63, 3.8) is 0 Å². The third-order valence-electron chi connectivity index (χ3n) is 9.03. The third kappa shape index (κ3) is 1.28. The van der Waals surface area contributed by atoms with Crippen LogP contribution < -0.4 is 0 Å². The van der Waals surface area contributed by atoms with Crippen LogP contribution in [0.5, 0.6) is 0 Å². The molecular formula is C20H28O7. The molecule has 27 heavy (non-hydrogen) atoms. The van der Waals surface area contributed by atoms with Gasteiger partial charge in [-0.05, 0) is 24.2 Å². The highest BCUT2D eigenvalue weighted by atomic mass is 16.7. The molecule has 4 saturated heterocycles. The Balaban J connectivity index is 1.69. The molecule has 7 nitrogen and oxygen atoms in total. The van der Waals surface area contributed by atoms with Gasteiger partial charge in [-0.15, -0.1) is 0 Å². The molecule has 0 radical (unpaired) electrons. The Hall–Kier alpha value is -0.730. The summed E-state index contributed by atoms with van der Waals surface area (Å²) in [4.78, 5) is 13.3. The van der Waals surface area contributed by atoms with E-state index in [1.165, 1.54) is 0 Å². The van der Waals surface area contributed by atoms with Crippen LogP contribution in [0.3, 0.4) is 0 Å². The first-order chi connectivity index (χ1) is 12.6. The number of esters is 1. The van der Waals surface area contributed by atoms with E-state index in [4.69, 9.17) is 18.9 Å². The van der Waals surface area contributed by atoms with Crippen molar-refractivity contribution in [3.05, 3.63) is 0 Å². The molecule has 0 amide bonds. The van der Waals surface area contributed by atoms with E-state index in [0.29, 0.717) is 19.4 Å². The van der Waals surface area contributed by atoms with E-state index in [9.17, 15) is 15.0 Å². The Kier molecular flexibility index (Phi) is 2.79. The first-order valence-electron chi connectivity index (χ1n) is 10.1. The molecule has 6 rings (SSSR count). The zero-order valence-corrected chi connectivity index (χ0v) is 16.2. The summed E-state index contributed by atoms with van der Waals surface area (Å²) >= 11 is 0. The molecule has 4 aliphatic heterocycles. The van der Waals surface area contributed by atoms with Crippen LogP contribution in [0.15, 0.2) is 0 Å². The second-order valence-corrected chi connectivity index (χ2v) is 10.6. The van der Waals surface area contributed by atoms with E-state index in [2.05, 4.69) is 20.8 Å². The van der Waals surface area contributed by atoms with E-state index in [-0.39, 0.29) is 23.9 Å². The molecule has 10 atom stereocenters. The number of ether oxygens (including phenoxy) is 4. The number of aliphatic hydroxyl groups excluding tert-OH is 1. The summed E-state index contributed by atoms with van der Waals surface area (Å²) in [6.45, 7) is 9.18. The number of carbonyl (C=O) groups excluding carboxylic acids is 1. The monoisotopic (exact) mass is 380 g/mol. The molecule has 2 spiro atoms. The molecule has 4 heterocycles. The molecule has 0 aromatic carbocycles. The maximum Gasteiger partial charge on any atom is 0.342 e. The molecule has 7 heteroatoms. The van der Waals surface area contributed by atoms with Gasteiger partial charge in [0, 0.05) is 11.3 Å². The number of hydrogen-bond donors (Lipinski definition) is 2. The quantitative estimate of drug-likeness (QED) is 0.595. The predicted molar refractivity (Wildman–Crippen MR) is 90.3 cm³/mol. The van der Waals surface area contributed by atoms with Crippen LogP contribution in [0, 0.1) is 28.1 Å². The topological polar surface area (TPSA) is 94.5 Å². The zero-order chi connectivity index (χ0) is 19.2. The summed E-state index contributed by atoms with van der Waals surface area (Å²) < 4.78 is 24.2. The average Bonchev–Trinajstić information content (AvgIpc) is 3.30. The zero-order valence-electron chi connectivity index (χ0n) is 16.2. The van der Waals surface area contributed by atoms with Gasteiger partial charge < -0.3 is 29.2 Å². The van der Waals surface area contributed by atoms with Gasteiger partial charge in [0.2, 0.25) is 5.60 Å². The molecule has 2 aliphatic carbocycles. The van der Waals surface area contributed by atoms with Crippen molar-refractivity contribution < 1.29 is 34.0 Å². The largest absolute Gasteiger partial charge is 0.459 e. The molecule has 2 N–H and O–H groups in total. The Morgan fingerprint density at radius 2 is 1.96 bits per heavy atom. The van der Waals surface area contributed by atoms with Gasteiger partial charge in [0.15, 0.2) is 6.29 Å². The number of aliphatic hydroxyl groups is 2. The van der Waals surface area contributed by atoms with Crippen molar-refractivity contribution in [2.45, 2.75) is 76.3 Å². The SMILES string of the molecule is C[C@@H]1COC2[C@H](O)C34C5C[C@@H](C(C)(C)C)C36CCOC6OC4(C(=O)O5)[C@]21O. The Bertz CT molecular complexity index is 747. The van der Waals surface area contributed by atoms with Gasteiger partial charge in [0.1, 0.15) is 17.8 Å². The van der Waals surface area contributed by atoms with Gasteiger partial charge in [-0.2, -0.15) is 0 Å². The predicted octanol–water partition coefficient (Wildman–Crippen LogP) is 0.606. The standard InChI is InChI=1S/C20H28O7/c1-9-8-25-13-12(21)18-11-7-10(16(2,3)4)17(18)5-6-24-15(17)27-20(18,14(22)26-11)19(9,13)23/h9-13,15,21,23H,5-8H2,1-4H3/t9-,10+,11?,12+,13?,15?,17?,18?,19-,20?/m1/s1. The number of rotatable bonds is 0. The third-order valence-corrected chi connectivity index (χ3v) is 9.03. The molecule has 6 aliphatic rings. The van der Waals surface area contributed by atoms with Crippen LogP contribution in [0.1, 0.15) is 40.5 Å². The Morgan fingerprint density at radius 1 is 1.22 bits per heavy atom. The smallest absolute Gasteiger partial charge is 0.342 e. The van der Waals surface area contributed by atoms with E-state index in [0.717, 1.165) is 0 Å². The van der Waals surface area contributed by atoms with Crippen molar-refractivity contribution in [1.29, 1.82) is 0 Å². The lowest BCUT2D eigenvalue weighted by molar-refractivity contribution is -0.240. The van der Waals surface area contributed by atoms with Crippen molar-refractivity contribution in [1.82, 2.24) is 0 Å². The van der Waals surface area contributed by atoms with Gasteiger partial charge in [-0.25, -0.2) is 4.79 Å². The summed E-state index contributed by atoms with van der Waals surface area (Å²) in [6.07, 6.45) is -1.67. The van der Waals surface area contributed by atoms with Gasteiger partial charge >= 0.3 is 5.97 Å². The van der Waals surface area contributed by atoms with Gasteiger partial charge in [0.05, 0.1) is 24.7 Å². The lowest BCUT2D eigenvalue weighted by atomic mass is 9.52. The van der Waals surface area contributed by atoms with Crippen molar-refractivity contribution in [3.8, 4) is 0 Å². The summed E-state index contributed by atoms with van der Waals surface area (Å²) in [6, 6.07) is 0. The van der Waals surface area contributed by atoms with Crippen molar-refractivity contribution in [2.75, 3.05) is 13.2 Å². The molecular weight excluding hydrogens is 352 g/mol. The van der Waals surface area contributed by atoms with Crippen molar-refractivity contribution >= 4 is 5.97 Å². The van der Waals surface area contributed by atoms with Crippen molar-refractivity contribution in [2.24, 2.45) is 28.1 Å². The highest BCUT2D eigenvalue weighted by molar-refractivity contribution is 5.89. The summed E-state index contributed by atoms with van der Waals surface area (Å²) in [7, 11) is 0. The highest BCUT2D eigenvalue weighted by Gasteiger charge is 3.00. The number of hydrogen-bond acceptors (Lipinski definition) is 7. The van der Waals surface area contributed by atoms with E-state index < -0.39 is 52.6 Å². The molecule has 0 aromatic rings. The first kappa shape index (κ1) is 17.2. The summed E-state index contributed by atoms with van der Waals surface area (Å²) in [5.74, 6) is -0.782. The molecule has 150 valence electrons. The minimum absolute atomic E-state index is 0.0938. The Morgan fingerprint density at radius 3 is 2.67 bits per heavy atom. The molecule has 0 bridgehead atoms. The van der Waals surface area contributed by atoms with Crippen LogP contribution in [0.4, 0.5) is 0 Å². The van der Waals surface area contributed by atoms with Crippen LogP contribution in [-0.4, -0.2) is 65.2 Å².